The van der Waals surface area contributed by atoms with Gasteiger partial charge in [0.2, 0.25) is 11.8 Å². The minimum absolute atomic E-state index is 0.0562. The van der Waals surface area contributed by atoms with E-state index in [4.69, 9.17) is 0 Å². The van der Waals surface area contributed by atoms with Crippen LogP contribution in [0.2, 0.25) is 0 Å². The number of hydrogen-bond donors (Lipinski definition) is 1. The lowest BCUT2D eigenvalue weighted by Crippen LogP contribution is -2.45. The quantitative estimate of drug-likeness (QED) is 0.810. The molecule has 1 aliphatic rings. The Morgan fingerprint density at radius 1 is 1.43 bits per heavy atom. The second-order valence-electron chi connectivity index (χ2n) is 4.89. The zero-order valence-electron chi connectivity index (χ0n) is 12.0. The van der Waals surface area contributed by atoms with Gasteiger partial charge in [-0.15, -0.1) is 11.8 Å². The molecule has 0 aromatic heterocycles. The summed E-state index contributed by atoms with van der Waals surface area (Å²) in [4.78, 5) is 26.9. The molecule has 1 aliphatic heterocycles. The molecule has 2 rings (SSSR count). The molecule has 4 nitrogen and oxygen atoms in total. The normalized spacial score (nSPS) is 17.8. The van der Waals surface area contributed by atoms with E-state index in [1.54, 1.807) is 23.7 Å². The van der Waals surface area contributed by atoms with Gasteiger partial charge < -0.3 is 10.2 Å². The minimum atomic E-state index is -0.282. The molecule has 0 unspecified atom stereocenters. The molecule has 1 N–H and O–H groups in total. The number of amides is 2. The van der Waals surface area contributed by atoms with Gasteiger partial charge in [0.05, 0.1) is 0 Å². The third-order valence-corrected chi connectivity index (χ3v) is 5.56. The second kappa shape index (κ2) is 7.84. The molecule has 2 amide bonds. The highest BCUT2D eigenvalue weighted by atomic mass is 79.9. The number of carbonyl (C=O) groups excluding carboxylic acids is 2. The van der Waals surface area contributed by atoms with E-state index in [1.807, 2.05) is 24.3 Å². The standard InChI is InChI=1S/C15H19BrN2O2S/c1-17-15(20)12-6-4-9-18(12)14(19)8-10-21-13-7-3-2-5-11(13)16/h2-3,5,7,12H,4,6,8-10H2,1H3,(H,17,20)/t12-/m0/s1. The maximum absolute atomic E-state index is 12.3. The molecule has 114 valence electrons. The van der Waals surface area contributed by atoms with E-state index in [9.17, 15) is 9.59 Å². The highest BCUT2D eigenvalue weighted by Gasteiger charge is 2.32. The average molecular weight is 371 g/mol. The summed E-state index contributed by atoms with van der Waals surface area (Å²) in [5, 5.41) is 2.64. The van der Waals surface area contributed by atoms with Crippen LogP contribution in [0.1, 0.15) is 19.3 Å². The third-order valence-electron chi connectivity index (χ3n) is 3.53. The largest absolute Gasteiger partial charge is 0.357 e. The summed E-state index contributed by atoms with van der Waals surface area (Å²) in [5.41, 5.74) is 0. The number of nitrogens with one attached hydrogen (secondary N) is 1. The van der Waals surface area contributed by atoms with Crippen LogP contribution in [0.3, 0.4) is 0 Å². The molecule has 1 aromatic carbocycles. The van der Waals surface area contributed by atoms with E-state index in [-0.39, 0.29) is 17.9 Å². The fourth-order valence-electron chi connectivity index (χ4n) is 2.46. The van der Waals surface area contributed by atoms with Crippen LogP contribution < -0.4 is 5.32 Å². The minimum Gasteiger partial charge on any atom is -0.357 e. The van der Waals surface area contributed by atoms with Gasteiger partial charge in [0.15, 0.2) is 0 Å². The Balaban J connectivity index is 1.84. The maximum atomic E-state index is 12.3. The predicted octanol–water partition coefficient (Wildman–Crippen LogP) is 2.67. The third kappa shape index (κ3) is 4.23. The highest BCUT2D eigenvalue weighted by Crippen LogP contribution is 2.28. The number of hydrogen-bond acceptors (Lipinski definition) is 3. The number of rotatable bonds is 5. The predicted molar refractivity (Wildman–Crippen MR) is 88.3 cm³/mol. The summed E-state index contributed by atoms with van der Waals surface area (Å²) < 4.78 is 1.05. The molecule has 0 bridgehead atoms. The summed E-state index contributed by atoms with van der Waals surface area (Å²) in [5.74, 6) is 0.734. The van der Waals surface area contributed by atoms with Crippen LogP contribution in [0.4, 0.5) is 0 Å². The Hall–Kier alpha value is -1.01. The number of benzene rings is 1. The van der Waals surface area contributed by atoms with Gasteiger partial charge in [-0.2, -0.15) is 0 Å². The Labute approximate surface area is 137 Å². The first-order valence-corrected chi connectivity index (χ1v) is 8.79. The lowest BCUT2D eigenvalue weighted by molar-refractivity contribution is -0.137. The van der Waals surface area contributed by atoms with Gasteiger partial charge >= 0.3 is 0 Å². The number of likely N-dealkylation sites (tertiary alicyclic amines) is 1. The second-order valence-corrected chi connectivity index (χ2v) is 6.88. The van der Waals surface area contributed by atoms with Crippen molar-refractivity contribution in [2.45, 2.75) is 30.2 Å². The zero-order chi connectivity index (χ0) is 15.2. The topological polar surface area (TPSA) is 49.4 Å². The van der Waals surface area contributed by atoms with Crippen LogP contribution >= 0.6 is 27.7 Å². The summed E-state index contributed by atoms with van der Waals surface area (Å²) in [6.45, 7) is 0.691. The molecular formula is C15H19BrN2O2S. The highest BCUT2D eigenvalue weighted by molar-refractivity contribution is 9.10. The van der Waals surface area contributed by atoms with Crippen LogP contribution in [0.25, 0.3) is 0 Å². The number of likely N-dealkylation sites (N-methyl/N-ethyl adjacent to an activating group) is 1. The SMILES string of the molecule is CNC(=O)[C@@H]1CCCN1C(=O)CCSc1ccccc1Br. The van der Waals surface area contributed by atoms with Crippen molar-refractivity contribution >= 4 is 39.5 Å². The van der Waals surface area contributed by atoms with Gasteiger partial charge in [-0.3, -0.25) is 9.59 Å². The fraction of sp³-hybridized carbons (Fsp3) is 0.467. The lowest BCUT2D eigenvalue weighted by atomic mass is 10.2. The van der Waals surface area contributed by atoms with Crippen molar-refractivity contribution in [2.24, 2.45) is 0 Å². The first-order valence-electron chi connectivity index (χ1n) is 7.02. The Bertz CT molecular complexity index is 524. The van der Waals surface area contributed by atoms with E-state index in [0.717, 1.165) is 28.0 Å². The van der Waals surface area contributed by atoms with Crippen molar-refractivity contribution < 1.29 is 9.59 Å². The van der Waals surface area contributed by atoms with Gasteiger partial charge in [0.25, 0.3) is 0 Å². The number of halogens is 1. The molecule has 21 heavy (non-hydrogen) atoms. The molecule has 0 radical (unpaired) electrons. The van der Waals surface area contributed by atoms with Crippen molar-refractivity contribution in [1.82, 2.24) is 10.2 Å². The van der Waals surface area contributed by atoms with Crippen LogP contribution in [0, 0.1) is 0 Å². The van der Waals surface area contributed by atoms with E-state index in [2.05, 4.69) is 21.2 Å². The first-order chi connectivity index (χ1) is 10.1. The van der Waals surface area contributed by atoms with E-state index in [1.165, 1.54) is 0 Å². The molecule has 0 aliphatic carbocycles. The number of thioether (sulfide) groups is 1. The van der Waals surface area contributed by atoms with Crippen molar-refractivity contribution in [3.8, 4) is 0 Å². The summed E-state index contributed by atoms with van der Waals surface area (Å²) in [6.07, 6.45) is 2.13. The molecule has 1 fully saturated rings. The molecular weight excluding hydrogens is 352 g/mol. The van der Waals surface area contributed by atoms with Crippen LogP contribution in [-0.4, -0.2) is 42.1 Å². The average Bonchev–Trinajstić information content (AvgIpc) is 2.98. The summed E-state index contributed by atoms with van der Waals surface area (Å²) in [6, 6.07) is 7.69. The van der Waals surface area contributed by atoms with E-state index < -0.39 is 0 Å². The maximum Gasteiger partial charge on any atom is 0.242 e. The smallest absolute Gasteiger partial charge is 0.242 e. The van der Waals surface area contributed by atoms with Crippen LogP contribution in [0.15, 0.2) is 33.6 Å². The van der Waals surface area contributed by atoms with E-state index >= 15 is 0 Å². The van der Waals surface area contributed by atoms with Crippen molar-refractivity contribution in [3.63, 3.8) is 0 Å². The number of carbonyl (C=O) groups is 2. The molecule has 0 spiro atoms. The van der Waals surface area contributed by atoms with Crippen LogP contribution in [0.5, 0.6) is 0 Å². The van der Waals surface area contributed by atoms with Gasteiger partial charge in [-0.1, -0.05) is 12.1 Å². The molecule has 1 saturated heterocycles. The van der Waals surface area contributed by atoms with Gasteiger partial charge in [0, 0.05) is 35.1 Å². The Morgan fingerprint density at radius 3 is 2.90 bits per heavy atom. The van der Waals surface area contributed by atoms with Crippen LogP contribution in [-0.2, 0) is 9.59 Å². The van der Waals surface area contributed by atoms with Gasteiger partial charge in [0.1, 0.15) is 6.04 Å². The molecule has 1 heterocycles. The van der Waals surface area contributed by atoms with Gasteiger partial charge in [-0.25, -0.2) is 0 Å². The summed E-state index contributed by atoms with van der Waals surface area (Å²) in [7, 11) is 1.62. The molecule has 0 saturated carbocycles. The Kier molecular flexibility index (Phi) is 6.11. The molecule has 6 heteroatoms. The number of nitrogens with zero attached hydrogens (tertiary/aromatic N) is 1. The van der Waals surface area contributed by atoms with Gasteiger partial charge in [-0.05, 0) is 40.9 Å². The zero-order valence-corrected chi connectivity index (χ0v) is 14.4. The van der Waals surface area contributed by atoms with Crippen molar-refractivity contribution in [3.05, 3.63) is 28.7 Å². The monoisotopic (exact) mass is 370 g/mol. The summed E-state index contributed by atoms with van der Waals surface area (Å²) >= 11 is 5.15. The van der Waals surface area contributed by atoms with E-state index in [0.29, 0.717) is 13.0 Å². The molecule has 1 atom stereocenters. The fourth-order valence-corrected chi connectivity index (χ4v) is 3.96. The first kappa shape index (κ1) is 16.4. The Morgan fingerprint density at radius 2 is 2.19 bits per heavy atom. The molecule has 1 aromatic rings. The lowest BCUT2D eigenvalue weighted by Gasteiger charge is -2.23. The van der Waals surface area contributed by atoms with Crippen molar-refractivity contribution in [1.29, 1.82) is 0 Å². The van der Waals surface area contributed by atoms with Crippen molar-refractivity contribution in [2.75, 3.05) is 19.3 Å².